The molecule has 0 N–H and O–H groups in total. The van der Waals surface area contributed by atoms with Gasteiger partial charge in [0.15, 0.2) is 6.10 Å². The standard InChI is InChI=1S/C75H138O6/c1-4-7-10-13-16-19-22-24-26-28-30-32-34-35-36-37-38-39-41-42-44-46-48-50-53-56-59-62-65-68-74(77)80-71-72(70-79-73(76)67-64-61-58-55-52-21-18-15-12-9-6-3)81-75(78)69-66-63-60-57-54-51-49-47-45-43-40-33-31-29-27-25-23-20-17-14-11-8-5-2/h15,18,22,24,28-31,72H,4-14,16-17,19-21,23,25-27,32-71H2,1-3H3/b18-15-,24-22-,30-28-,31-29-. The summed E-state index contributed by atoms with van der Waals surface area (Å²) in [6, 6.07) is 0. The maximum Gasteiger partial charge on any atom is 0.306 e. The van der Waals surface area contributed by atoms with Crippen LogP contribution < -0.4 is 0 Å². The number of hydrogen-bond donors (Lipinski definition) is 0. The van der Waals surface area contributed by atoms with Gasteiger partial charge in [0.1, 0.15) is 13.2 Å². The molecule has 0 spiro atoms. The fourth-order valence-electron chi connectivity index (χ4n) is 10.8. The zero-order valence-corrected chi connectivity index (χ0v) is 54.6. The molecule has 0 bridgehead atoms. The lowest BCUT2D eigenvalue weighted by molar-refractivity contribution is -0.167. The van der Waals surface area contributed by atoms with Crippen LogP contribution in [0.2, 0.25) is 0 Å². The fraction of sp³-hybridized carbons (Fsp3) is 0.853. The molecule has 0 fully saturated rings. The Hall–Kier alpha value is -2.63. The van der Waals surface area contributed by atoms with Crippen molar-refractivity contribution in [3.63, 3.8) is 0 Å². The topological polar surface area (TPSA) is 78.9 Å². The van der Waals surface area contributed by atoms with Gasteiger partial charge in [0, 0.05) is 19.3 Å². The number of carbonyl (C=O) groups is 3. The van der Waals surface area contributed by atoms with Crippen LogP contribution in [0.4, 0.5) is 0 Å². The smallest absolute Gasteiger partial charge is 0.306 e. The first-order chi connectivity index (χ1) is 40.0. The molecule has 0 rings (SSSR count). The highest BCUT2D eigenvalue weighted by Crippen LogP contribution is 2.18. The van der Waals surface area contributed by atoms with Gasteiger partial charge in [0.05, 0.1) is 0 Å². The van der Waals surface area contributed by atoms with Crippen LogP contribution in [0.25, 0.3) is 0 Å². The molecule has 1 unspecified atom stereocenters. The van der Waals surface area contributed by atoms with Crippen molar-refractivity contribution < 1.29 is 28.6 Å². The molecular weight excluding hydrogens is 997 g/mol. The molecule has 6 nitrogen and oxygen atoms in total. The molecule has 0 aromatic carbocycles. The lowest BCUT2D eigenvalue weighted by Crippen LogP contribution is -2.30. The van der Waals surface area contributed by atoms with Gasteiger partial charge in [-0.3, -0.25) is 14.4 Å². The minimum atomic E-state index is -0.776. The summed E-state index contributed by atoms with van der Waals surface area (Å²) in [5.41, 5.74) is 0. The average molecular weight is 1140 g/mol. The first-order valence-electron chi connectivity index (χ1n) is 36.1. The second-order valence-electron chi connectivity index (χ2n) is 24.5. The highest BCUT2D eigenvalue weighted by molar-refractivity contribution is 5.71. The normalized spacial score (nSPS) is 12.3. The molecule has 0 saturated carbocycles. The summed E-state index contributed by atoms with van der Waals surface area (Å²) in [5.74, 6) is -0.858. The molecule has 6 heteroatoms. The molecule has 1 atom stereocenters. The predicted octanol–water partition coefficient (Wildman–Crippen LogP) is 24.9. The Morgan fingerprint density at radius 1 is 0.247 bits per heavy atom. The Kier molecular flexibility index (Phi) is 67.6. The van der Waals surface area contributed by atoms with E-state index in [9.17, 15) is 14.4 Å². The first-order valence-corrected chi connectivity index (χ1v) is 36.1. The maximum atomic E-state index is 12.9. The number of carbonyl (C=O) groups excluding carboxylic acids is 3. The van der Waals surface area contributed by atoms with E-state index in [2.05, 4.69) is 69.4 Å². The molecule has 0 saturated heterocycles. The number of hydrogen-bond acceptors (Lipinski definition) is 6. The summed E-state index contributed by atoms with van der Waals surface area (Å²) in [6.07, 6.45) is 88.7. The summed E-state index contributed by atoms with van der Waals surface area (Å²) in [7, 11) is 0. The fourth-order valence-corrected chi connectivity index (χ4v) is 10.8. The Labute approximate surface area is 505 Å². The van der Waals surface area contributed by atoms with Crippen LogP contribution in [-0.2, 0) is 28.6 Å². The molecule has 0 radical (unpaired) electrons. The molecule has 0 aromatic rings. The number of esters is 3. The monoisotopic (exact) mass is 1140 g/mol. The highest BCUT2D eigenvalue weighted by Gasteiger charge is 2.19. The third-order valence-electron chi connectivity index (χ3n) is 16.3. The summed E-state index contributed by atoms with van der Waals surface area (Å²) in [6.45, 7) is 6.65. The van der Waals surface area contributed by atoms with E-state index in [1.165, 1.54) is 283 Å². The van der Waals surface area contributed by atoms with Crippen LogP contribution in [0.15, 0.2) is 48.6 Å². The van der Waals surface area contributed by atoms with Crippen molar-refractivity contribution in [2.45, 2.75) is 399 Å². The van der Waals surface area contributed by atoms with E-state index < -0.39 is 6.10 Å². The quantitative estimate of drug-likeness (QED) is 0.0261. The minimum absolute atomic E-state index is 0.0719. The summed E-state index contributed by atoms with van der Waals surface area (Å²) >= 11 is 0. The van der Waals surface area contributed by atoms with Crippen molar-refractivity contribution in [3.05, 3.63) is 48.6 Å². The largest absolute Gasteiger partial charge is 0.462 e. The predicted molar refractivity (Wildman–Crippen MR) is 353 cm³/mol. The third kappa shape index (κ3) is 68.0. The molecule has 81 heavy (non-hydrogen) atoms. The second kappa shape index (κ2) is 69.9. The molecule has 0 aliphatic heterocycles. The molecular formula is C75H138O6. The number of ether oxygens (including phenoxy) is 3. The van der Waals surface area contributed by atoms with Crippen LogP contribution >= 0.6 is 0 Å². The third-order valence-corrected chi connectivity index (χ3v) is 16.3. The Morgan fingerprint density at radius 2 is 0.457 bits per heavy atom. The minimum Gasteiger partial charge on any atom is -0.462 e. The molecule has 0 aliphatic rings. The molecule has 0 heterocycles. The van der Waals surface area contributed by atoms with Gasteiger partial charge in [-0.15, -0.1) is 0 Å². The van der Waals surface area contributed by atoms with Crippen LogP contribution in [0.3, 0.4) is 0 Å². The number of unbranched alkanes of at least 4 members (excludes halogenated alkanes) is 48. The SMILES string of the molecule is CCCC/C=C\CCCCCCCC(=O)OCC(COC(=O)CCCCCCCCCCCCCCCCCCC/C=C\C/C=C\CCCCCCC)OC(=O)CCCCCCCCCCCCC/C=C\CCCCCCCCCC. The lowest BCUT2D eigenvalue weighted by Gasteiger charge is -2.18. The van der Waals surface area contributed by atoms with E-state index in [-0.39, 0.29) is 31.1 Å². The van der Waals surface area contributed by atoms with Crippen molar-refractivity contribution in [2.75, 3.05) is 13.2 Å². The van der Waals surface area contributed by atoms with E-state index in [1.54, 1.807) is 0 Å². The van der Waals surface area contributed by atoms with E-state index in [4.69, 9.17) is 14.2 Å². The summed E-state index contributed by atoms with van der Waals surface area (Å²) in [4.78, 5) is 38.4. The second-order valence-corrected chi connectivity index (χ2v) is 24.5. The molecule has 0 aliphatic carbocycles. The Bertz CT molecular complexity index is 1400. The van der Waals surface area contributed by atoms with Gasteiger partial charge in [-0.05, 0) is 96.3 Å². The van der Waals surface area contributed by atoms with Crippen molar-refractivity contribution in [3.8, 4) is 0 Å². The van der Waals surface area contributed by atoms with E-state index in [0.717, 1.165) is 70.6 Å². The van der Waals surface area contributed by atoms with Crippen molar-refractivity contribution in [1.29, 1.82) is 0 Å². The Morgan fingerprint density at radius 3 is 0.728 bits per heavy atom. The zero-order valence-electron chi connectivity index (χ0n) is 54.6. The first kappa shape index (κ1) is 78.4. The van der Waals surface area contributed by atoms with Gasteiger partial charge in [0.25, 0.3) is 0 Å². The van der Waals surface area contributed by atoms with Gasteiger partial charge in [-0.1, -0.05) is 326 Å². The summed E-state index contributed by atoms with van der Waals surface area (Å²) in [5, 5.41) is 0. The van der Waals surface area contributed by atoms with Crippen molar-refractivity contribution in [1.82, 2.24) is 0 Å². The van der Waals surface area contributed by atoms with E-state index >= 15 is 0 Å². The maximum absolute atomic E-state index is 12.9. The van der Waals surface area contributed by atoms with Crippen molar-refractivity contribution >= 4 is 17.9 Å². The van der Waals surface area contributed by atoms with E-state index in [0.29, 0.717) is 19.3 Å². The number of allylic oxidation sites excluding steroid dienone is 8. The van der Waals surface area contributed by atoms with Gasteiger partial charge >= 0.3 is 17.9 Å². The van der Waals surface area contributed by atoms with Gasteiger partial charge < -0.3 is 14.2 Å². The van der Waals surface area contributed by atoms with Crippen LogP contribution in [0.5, 0.6) is 0 Å². The molecule has 0 aromatic heterocycles. The molecule has 474 valence electrons. The Balaban J connectivity index is 4.16. The highest BCUT2D eigenvalue weighted by atomic mass is 16.6. The summed E-state index contributed by atoms with van der Waals surface area (Å²) < 4.78 is 17.0. The van der Waals surface area contributed by atoms with E-state index in [1.807, 2.05) is 0 Å². The molecule has 0 amide bonds. The zero-order chi connectivity index (χ0) is 58.5. The van der Waals surface area contributed by atoms with Crippen LogP contribution in [0.1, 0.15) is 393 Å². The average Bonchev–Trinajstić information content (AvgIpc) is 3.47. The van der Waals surface area contributed by atoms with Gasteiger partial charge in [-0.25, -0.2) is 0 Å². The van der Waals surface area contributed by atoms with Crippen LogP contribution in [-0.4, -0.2) is 37.2 Å². The lowest BCUT2D eigenvalue weighted by atomic mass is 10.0. The van der Waals surface area contributed by atoms with Crippen LogP contribution in [0, 0.1) is 0 Å². The van der Waals surface area contributed by atoms with Gasteiger partial charge in [-0.2, -0.15) is 0 Å². The van der Waals surface area contributed by atoms with Gasteiger partial charge in [0.2, 0.25) is 0 Å². The van der Waals surface area contributed by atoms with Crippen molar-refractivity contribution in [2.24, 2.45) is 0 Å². The number of rotatable bonds is 67.